The zero-order chi connectivity index (χ0) is 14.8. The molecule has 3 rings (SSSR count). The van der Waals surface area contributed by atoms with Gasteiger partial charge in [0.1, 0.15) is 12.4 Å². The first-order valence-corrected chi connectivity index (χ1v) is 6.47. The average Bonchev–Trinajstić information content (AvgIpc) is 2.90. The summed E-state index contributed by atoms with van der Waals surface area (Å²) in [6.45, 7) is 0.157. The van der Waals surface area contributed by atoms with Gasteiger partial charge < -0.3 is 9.84 Å². The van der Waals surface area contributed by atoms with Gasteiger partial charge in [0, 0.05) is 6.20 Å². The number of ether oxygens (including phenoxy) is 1. The van der Waals surface area contributed by atoms with Crippen LogP contribution in [-0.4, -0.2) is 25.7 Å². The number of carbonyl (C=O) groups is 1. The lowest BCUT2D eigenvalue weighted by Crippen LogP contribution is -2.04. The van der Waals surface area contributed by atoms with E-state index in [-0.39, 0.29) is 17.2 Å². The number of rotatable bonds is 4. The molecule has 0 bridgehead atoms. The number of hydrogen-bond acceptors (Lipinski definition) is 4. The Kier molecular flexibility index (Phi) is 3.45. The van der Waals surface area contributed by atoms with Gasteiger partial charge in [0.25, 0.3) is 0 Å². The lowest BCUT2D eigenvalue weighted by atomic mass is 10.3. The molecule has 6 nitrogen and oxygen atoms in total. The van der Waals surface area contributed by atoms with E-state index in [0.29, 0.717) is 17.2 Å². The molecule has 0 radical (unpaired) electrons. The first-order chi connectivity index (χ1) is 10.1. The lowest BCUT2D eigenvalue weighted by Gasteiger charge is -2.05. The molecule has 0 aliphatic carbocycles. The van der Waals surface area contributed by atoms with Crippen LogP contribution in [0.2, 0.25) is 5.02 Å². The summed E-state index contributed by atoms with van der Waals surface area (Å²) in [5, 5.41) is 17.2. The Hall–Kier alpha value is -2.60. The minimum absolute atomic E-state index is 0.0632. The molecular formula is C14H10ClN3O3. The fraction of sp³-hybridized carbons (Fsp3) is 0.0714. The molecule has 0 aliphatic rings. The normalized spacial score (nSPS) is 10.7. The monoisotopic (exact) mass is 303 g/mol. The number of nitrogens with zero attached hydrogens (tertiary/aromatic N) is 3. The summed E-state index contributed by atoms with van der Waals surface area (Å²) < 4.78 is 7.11. The van der Waals surface area contributed by atoms with Crippen LogP contribution < -0.4 is 4.74 Å². The molecule has 0 atom stereocenters. The van der Waals surface area contributed by atoms with Gasteiger partial charge in [-0.15, -0.1) is 10.2 Å². The zero-order valence-corrected chi connectivity index (χ0v) is 11.5. The highest BCUT2D eigenvalue weighted by Gasteiger charge is 2.13. The highest BCUT2D eigenvalue weighted by atomic mass is 35.5. The van der Waals surface area contributed by atoms with Crippen molar-refractivity contribution in [2.45, 2.75) is 6.61 Å². The third-order valence-electron chi connectivity index (χ3n) is 2.89. The molecular weight excluding hydrogens is 294 g/mol. The van der Waals surface area contributed by atoms with Crippen molar-refractivity contribution in [3.05, 3.63) is 59.0 Å². The molecule has 2 aromatic heterocycles. The molecule has 106 valence electrons. The highest BCUT2D eigenvalue weighted by Crippen LogP contribution is 2.19. The summed E-state index contributed by atoms with van der Waals surface area (Å²) in [5.74, 6) is 0.0935. The SMILES string of the molecule is O=C(O)c1cc(Cl)c2nnc(COc3ccccc3)n2c1. The molecule has 3 aromatic rings. The molecule has 0 fully saturated rings. The molecule has 0 saturated carbocycles. The fourth-order valence-electron chi connectivity index (χ4n) is 1.88. The first-order valence-electron chi connectivity index (χ1n) is 6.09. The van der Waals surface area contributed by atoms with Gasteiger partial charge in [-0.2, -0.15) is 0 Å². The number of halogens is 1. The van der Waals surface area contributed by atoms with Crippen LogP contribution >= 0.6 is 11.6 Å². The standard InChI is InChI=1S/C14H10ClN3O3/c15-11-6-9(14(19)20)7-18-12(16-17-13(11)18)8-21-10-4-2-1-3-5-10/h1-7H,8H2,(H,19,20). The van der Waals surface area contributed by atoms with Crippen molar-refractivity contribution in [3.63, 3.8) is 0 Å². The van der Waals surface area contributed by atoms with Crippen molar-refractivity contribution < 1.29 is 14.6 Å². The number of pyridine rings is 1. The summed E-state index contributed by atoms with van der Waals surface area (Å²) in [4.78, 5) is 11.1. The van der Waals surface area contributed by atoms with Crippen LogP contribution in [0.3, 0.4) is 0 Å². The van der Waals surface area contributed by atoms with Crippen molar-refractivity contribution in [2.24, 2.45) is 0 Å². The van der Waals surface area contributed by atoms with E-state index in [1.54, 1.807) is 0 Å². The number of fused-ring (bicyclic) bond motifs is 1. The Morgan fingerprint density at radius 2 is 2.05 bits per heavy atom. The minimum atomic E-state index is -1.07. The van der Waals surface area contributed by atoms with E-state index in [0.717, 1.165) is 0 Å². The number of para-hydroxylation sites is 1. The third kappa shape index (κ3) is 2.66. The van der Waals surface area contributed by atoms with Crippen molar-refractivity contribution >= 4 is 23.2 Å². The summed E-state index contributed by atoms with van der Waals surface area (Å²) in [6, 6.07) is 10.6. The molecule has 0 spiro atoms. The van der Waals surface area contributed by atoms with E-state index in [1.807, 2.05) is 30.3 Å². The number of aromatic nitrogens is 3. The van der Waals surface area contributed by atoms with Crippen molar-refractivity contribution in [1.29, 1.82) is 0 Å². The second kappa shape index (κ2) is 5.41. The van der Waals surface area contributed by atoms with Crippen LogP contribution in [0.4, 0.5) is 0 Å². The average molecular weight is 304 g/mol. The van der Waals surface area contributed by atoms with Gasteiger partial charge in [-0.05, 0) is 18.2 Å². The third-order valence-corrected chi connectivity index (χ3v) is 3.17. The number of hydrogen-bond donors (Lipinski definition) is 1. The van der Waals surface area contributed by atoms with E-state index in [1.165, 1.54) is 16.7 Å². The van der Waals surface area contributed by atoms with Crippen LogP contribution in [0.1, 0.15) is 16.2 Å². The number of carboxylic acid groups (broad SMARTS) is 1. The predicted molar refractivity (Wildman–Crippen MR) is 75.7 cm³/mol. The lowest BCUT2D eigenvalue weighted by molar-refractivity contribution is 0.0696. The molecule has 0 amide bonds. The quantitative estimate of drug-likeness (QED) is 0.802. The first kappa shape index (κ1) is 13.4. The van der Waals surface area contributed by atoms with Gasteiger partial charge in [-0.3, -0.25) is 4.40 Å². The Bertz CT molecular complexity index is 802. The topological polar surface area (TPSA) is 76.7 Å². The van der Waals surface area contributed by atoms with E-state index < -0.39 is 5.97 Å². The van der Waals surface area contributed by atoms with Gasteiger partial charge in [-0.25, -0.2) is 4.79 Å². The minimum Gasteiger partial charge on any atom is -0.486 e. The largest absolute Gasteiger partial charge is 0.486 e. The Balaban J connectivity index is 1.94. The van der Waals surface area contributed by atoms with Crippen LogP contribution in [0.25, 0.3) is 5.65 Å². The highest BCUT2D eigenvalue weighted by molar-refractivity contribution is 6.33. The van der Waals surface area contributed by atoms with E-state index in [4.69, 9.17) is 21.4 Å². The van der Waals surface area contributed by atoms with Crippen LogP contribution in [0, 0.1) is 0 Å². The summed E-state index contributed by atoms with van der Waals surface area (Å²) in [5.41, 5.74) is 0.460. The van der Waals surface area contributed by atoms with Gasteiger partial charge >= 0.3 is 5.97 Å². The van der Waals surface area contributed by atoms with E-state index in [2.05, 4.69) is 10.2 Å². The second-order valence-electron chi connectivity index (χ2n) is 4.29. The molecule has 0 saturated heterocycles. The number of benzene rings is 1. The van der Waals surface area contributed by atoms with Gasteiger partial charge in [0.05, 0.1) is 10.6 Å². The second-order valence-corrected chi connectivity index (χ2v) is 4.70. The molecule has 1 N–H and O–H groups in total. The molecule has 21 heavy (non-hydrogen) atoms. The Morgan fingerprint density at radius 3 is 2.76 bits per heavy atom. The van der Waals surface area contributed by atoms with Crippen LogP contribution in [0.5, 0.6) is 5.75 Å². The van der Waals surface area contributed by atoms with Crippen molar-refractivity contribution in [3.8, 4) is 5.75 Å². The number of carboxylic acids is 1. The zero-order valence-electron chi connectivity index (χ0n) is 10.7. The summed E-state index contributed by atoms with van der Waals surface area (Å²) in [6.07, 6.45) is 1.42. The van der Waals surface area contributed by atoms with Crippen molar-refractivity contribution in [1.82, 2.24) is 14.6 Å². The Labute approximate surface area is 124 Å². The van der Waals surface area contributed by atoms with Crippen LogP contribution in [0.15, 0.2) is 42.6 Å². The maximum atomic E-state index is 11.1. The van der Waals surface area contributed by atoms with Gasteiger partial charge in [0.2, 0.25) is 0 Å². The summed E-state index contributed by atoms with van der Waals surface area (Å²) >= 11 is 6.01. The molecule has 0 aliphatic heterocycles. The van der Waals surface area contributed by atoms with E-state index in [9.17, 15) is 4.79 Å². The Morgan fingerprint density at radius 1 is 1.29 bits per heavy atom. The molecule has 1 aromatic carbocycles. The van der Waals surface area contributed by atoms with Gasteiger partial charge in [-0.1, -0.05) is 29.8 Å². The van der Waals surface area contributed by atoms with Gasteiger partial charge in [0.15, 0.2) is 11.5 Å². The smallest absolute Gasteiger partial charge is 0.337 e. The molecule has 0 unspecified atom stereocenters. The molecule has 7 heteroatoms. The maximum Gasteiger partial charge on any atom is 0.337 e. The van der Waals surface area contributed by atoms with Crippen molar-refractivity contribution in [2.75, 3.05) is 0 Å². The van der Waals surface area contributed by atoms with Crippen LogP contribution in [-0.2, 0) is 6.61 Å². The number of aromatic carboxylic acids is 1. The maximum absolute atomic E-state index is 11.1. The fourth-order valence-corrected chi connectivity index (χ4v) is 2.13. The molecule has 2 heterocycles. The predicted octanol–water partition coefficient (Wildman–Crippen LogP) is 2.66. The van der Waals surface area contributed by atoms with E-state index >= 15 is 0 Å². The summed E-state index contributed by atoms with van der Waals surface area (Å²) in [7, 11) is 0.